The summed E-state index contributed by atoms with van der Waals surface area (Å²) in [6, 6.07) is 6.25. The number of carbonyl (C=O) groups is 2. The molecule has 2 aliphatic heterocycles. The fraction of sp³-hybridized carbons (Fsp3) is 0.636. The zero-order valence-electron chi connectivity index (χ0n) is 16.9. The summed E-state index contributed by atoms with van der Waals surface area (Å²) in [4.78, 5) is 28.2. The minimum atomic E-state index is -0.711. The van der Waals surface area contributed by atoms with Gasteiger partial charge in [-0.05, 0) is 62.6 Å². The van der Waals surface area contributed by atoms with Gasteiger partial charge in [0.15, 0.2) is 0 Å². The molecule has 0 unspecified atom stereocenters. The third kappa shape index (κ3) is 4.30. The first-order valence-electron chi connectivity index (χ1n) is 10.6. The molecule has 4 rings (SSSR count). The van der Waals surface area contributed by atoms with E-state index in [0.717, 1.165) is 45.1 Å². The van der Waals surface area contributed by atoms with Crippen molar-refractivity contribution in [2.24, 2.45) is 5.92 Å². The van der Waals surface area contributed by atoms with Crippen LogP contribution in [0.1, 0.15) is 55.8 Å². The molecular formula is C22H29ClN2O4. The standard InChI is InChI=1S/C22H29ClN2O4/c1-15-7-9-22(10-8-15)25(21(27)16-4-2-5-17(23)12-16)19(14-29-22)20(26)24-13-18-6-3-11-28-18/h2,4-5,12,15,18-19H,3,6-11,13-14H2,1H3,(H,24,26)/t15?,18-,19-,22?/m1/s1. The minimum absolute atomic E-state index is 0.0582. The van der Waals surface area contributed by atoms with Crippen LogP contribution >= 0.6 is 11.6 Å². The summed E-state index contributed by atoms with van der Waals surface area (Å²) < 4.78 is 11.8. The number of ether oxygens (including phenoxy) is 2. The van der Waals surface area contributed by atoms with Crippen molar-refractivity contribution in [2.75, 3.05) is 19.8 Å². The van der Waals surface area contributed by atoms with Gasteiger partial charge in [-0.25, -0.2) is 0 Å². The highest BCUT2D eigenvalue weighted by atomic mass is 35.5. The first-order chi connectivity index (χ1) is 14.0. The number of rotatable bonds is 4. The van der Waals surface area contributed by atoms with Gasteiger partial charge < -0.3 is 14.8 Å². The molecule has 2 saturated heterocycles. The predicted octanol–water partition coefficient (Wildman–Crippen LogP) is 3.38. The van der Waals surface area contributed by atoms with E-state index < -0.39 is 11.8 Å². The number of amides is 2. The van der Waals surface area contributed by atoms with Gasteiger partial charge in [0.2, 0.25) is 5.91 Å². The lowest BCUT2D eigenvalue weighted by Gasteiger charge is -2.43. The monoisotopic (exact) mass is 420 g/mol. The molecule has 2 atom stereocenters. The number of benzene rings is 1. The van der Waals surface area contributed by atoms with Gasteiger partial charge in [-0.3, -0.25) is 14.5 Å². The first-order valence-corrected chi connectivity index (χ1v) is 11.0. The number of hydrogen-bond acceptors (Lipinski definition) is 4. The first kappa shape index (κ1) is 20.6. The Kier molecular flexibility index (Phi) is 6.13. The minimum Gasteiger partial charge on any atom is -0.376 e. The highest BCUT2D eigenvalue weighted by molar-refractivity contribution is 6.31. The van der Waals surface area contributed by atoms with Gasteiger partial charge in [-0.1, -0.05) is 24.6 Å². The van der Waals surface area contributed by atoms with Crippen molar-refractivity contribution in [3.05, 3.63) is 34.9 Å². The second kappa shape index (κ2) is 8.62. The van der Waals surface area contributed by atoms with Crippen molar-refractivity contribution < 1.29 is 19.1 Å². The molecule has 1 saturated carbocycles. The van der Waals surface area contributed by atoms with Gasteiger partial charge in [0.25, 0.3) is 5.91 Å². The maximum atomic E-state index is 13.5. The summed E-state index contributed by atoms with van der Waals surface area (Å²) in [5.41, 5.74) is -0.226. The zero-order valence-corrected chi connectivity index (χ0v) is 17.6. The number of halogens is 1. The molecule has 158 valence electrons. The molecule has 1 aromatic carbocycles. The molecule has 2 heterocycles. The van der Waals surface area contributed by atoms with E-state index in [1.54, 1.807) is 29.2 Å². The normalized spacial score (nSPS) is 31.9. The lowest BCUT2D eigenvalue weighted by molar-refractivity contribution is -0.128. The van der Waals surface area contributed by atoms with E-state index in [2.05, 4.69) is 12.2 Å². The number of hydrogen-bond donors (Lipinski definition) is 1. The Morgan fingerprint density at radius 1 is 1.28 bits per heavy atom. The zero-order chi connectivity index (χ0) is 20.4. The Balaban J connectivity index is 1.56. The maximum Gasteiger partial charge on any atom is 0.256 e. The Morgan fingerprint density at radius 2 is 2.07 bits per heavy atom. The molecule has 1 spiro atoms. The highest BCUT2D eigenvalue weighted by Crippen LogP contribution is 2.43. The average Bonchev–Trinajstić information content (AvgIpc) is 3.36. The number of nitrogens with zero attached hydrogens (tertiary/aromatic N) is 1. The molecule has 6 nitrogen and oxygen atoms in total. The highest BCUT2D eigenvalue weighted by Gasteiger charge is 2.53. The van der Waals surface area contributed by atoms with Crippen LogP contribution in [0.25, 0.3) is 0 Å². The van der Waals surface area contributed by atoms with Crippen molar-refractivity contribution in [3.63, 3.8) is 0 Å². The molecule has 29 heavy (non-hydrogen) atoms. The molecule has 3 aliphatic rings. The van der Waals surface area contributed by atoms with Crippen molar-refractivity contribution in [1.82, 2.24) is 10.2 Å². The van der Waals surface area contributed by atoms with Gasteiger partial charge in [0.05, 0.1) is 12.7 Å². The van der Waals surface area contributed by atoms with Gasteiger partial charge in [-0.2, -0.15) is 0 Å². The predicted molar refractivity (Wildman–Crippen MR) is 110 cm³/mol. The molecule has 1 aromatic rings. The average molecular weight is 421 g/mol. The lowest BCUT2D eigenvalue weighted by Crippen LogP contribution is -2.57. The molecular weight excluding hydrogens is 392 g/mol. The van der Waals surface area contributed by atoms with Crippen LogP contribution in [-0.4, -0.2) is 54.3 Å². The van der Waals surface area contributed by atoms with E-state index in [1.165, 1.54) is 0 Å². The Bertz CT molecular complexity index is 757. The summed E-state index contributed by atoms with van der Waals surface area (Å²) in [6.45, 7) is 3.65. The molecule has 3 fully saturated rings. The van der Waals surface area contributed by atoms with Crippen LogP contribution in [0.4, 0.5) is 0 Å². The summed E-state index contributed by atoms with van der Waals surface area (Å²) in [5, 5.41) is 3.48. The topological polar surface area (TPSA) is 67.9 Å². The van der Waals surface area contributed by atoms with Crippen LogP contribution in [-0.2, 0) is 14.3 Å². The molecule has 7 heteroatoms. The maximum absolute atomic E-state index is 13.5. The molecule has 0 bridgehead atoms. The van der Waals surface area contributed by atoms with Crippen molar-refractivity contribution in [3.8, 4) is 0 Å². The van der Waals surface area contributed by atoms with E-state index in [0.29, 0.717) is 23.0 Å². The second-order valence-electron chi connectivity index (χ2n) is 8.52. The molecule has 0 aromatic heterocycles. The van der Waals surface area contributed by atoms with E-state index in [1.807, 2.05) is 0 Å². The summed E-state index contributed by atoms with van der Waals surface area (Å²) in [6.07, 6.45) is 5.48. The van der Waals surface area contributed by atoms with E-state index >= 15 is 0 Å². The van der Waals surface area contributed by atoms with Crippen LogP contribution in [0.15, 0.2) is 24.3 Å². The SMILES string of the molecule is CC1CCC2(CC1)OC[C@H](C(=O)NC[C@H]1CCCO1)N2C(=O)c1cccc(Cl)c1. The lowest BCUT2D eigenvalue weighted by atomic mass is 9.83. The van der Waals surface area contributed by atoms with Crippen molar-refractivity contribution in [1.29, 1.82) is 0 Å². The van der Waals surface area contributed by atoms with Gasteiger partial charge in [0, 0.05) is 23.7 Å². The smallest absolute Gasteiger partial charge is 0.256 e. The Morgan fingerprint density at radius 3 is 2.76 bits per heavy atom. The largest absolute Gasteiger partial charge is 0.376 e. The third-order valence-electron chi connectivity index (χ3n) is 6.44. The van der Waals surface area contributed by atoms with Gasteiger partial charge in [-0.15, -0.1) is 0 Å². The van der Waals surface area contributed by atoms with Crippen LogP contribution in [0.2, 0.25) is 5.02 Å². The molecule has 0 radical (unpaired) electrons. The second-order valence-corrected chi connectivity index (χ2v) is 8.96. The van der Waals surface area contributed by atoms with E-state index in [4.69, 9.17) is 21.1 Å². The fourth-order valence-corrected chi connectivity index (χ4v) is 4.87. The van der Waals surface area contributed by atoms with Crippen LogP contribution in [0.3, 0.4) is 0 Å². The summed E-state index contributed by atoms with van der Waals surface area (Å²) in [5.74, 6) is 0.225. The van der Waals surface area contributed by atoms with Crippen molar-refractivity contribution in [2.45, 2.75) is 63.3 Å². The van der Waals surface area contributed by atoms with Crippen LogP contribution in [0, 0.1) is 5.92 Å². The third-order valence-corrected chi connectivity index (χ3v) is 6.67. The summed E-state index contributed by atoms with van der Waals surface area (Å²) in [7, 11) is 0. The van der Waals surface area contributed by atoms with Crippen LogP contribution in [0.5, 0.6) is 0 Å². The summed E-state index contributed by atoms with van der Waals surface area (Å²) >= 11 is 6.12. The van der Waals surface area contributed by atoms with E-state index in [9.17, 15) is 9.59 Å². The Hall–Kier alpha value is -1.63. The molecule has 1 aliphatic carbocycles. The number of carbonyl (C=O) groups excluding carboxylic acids is 2. The van der Waals surface area contributed by atoms with Gasteiger partial charge in [0.1, 0.15) is 11.8 Å². The Labute approximate surface area is 176 Å². The van der Waals surface area contributed by atoms with Crippen molar-refractivity contribution >= 4 is 23.4 Å². The van der Waals surface area contributed by atoms with E-state index in [-0.39, 0.29) is 24.5 Å². The fourth-order valence-electron chi connectivity index (χ4n) is 4.68. The van der Waals surface area contributed by atoms with Crippen LogP contribution < -0.4 is 5.32 Å². The quantitative estimate of drug-likeness (QED) is 0.810. The number of nitrogens with one attached hydrogen (secondary N) is 1. The molecule has 2 amide bonds. The van der Waals surface area contributed by atoms with Gasteiger partial charge >= 0.3 is 0 Å². The molecule has 1 N–H and O–H groups in total.